The van der Waals surface area contributed by atoms with Gasteiger partial charge in [-0.25, -0.2) is 4.98 Å². The van der Waals surface area contributed by atoms with Crippen LogP contribution in [-0.4, -0.2) is 17.3 Å². The third-order valence-electron chi connectivity index (χ3n) is 1.87. The number of carbonyl (C=O) groups excluding carboxylic acids is 1. The highest BCUT2D eigenvalue weighted by molar-refractivity contribution is 7.18. The van der Waals surface area contributed by atoms with Gasteiger partial charge in [-0.1, -0.05) is 32.1 Å². The molecule has 0 radical (unpaired) electrons. The van der Waals surface area contributed by atoms with Crippen molar-refractivity contribution in [3.8, 4) is 0 Å². The highest BCUT2D eigenvalue weighted by Crippen LogP contribution is 2.31. The molecule has 0 bridgehead atoms. The highest BCUT2D eigenvalue weighted by atomic mass is 32.1. The van der Waals surface area contributed by atoms with E-state index in [4.69, 9.17) is 5.73 Å². The lowest BCUT2D eigenvalue weighted by Crippen LogP contribution is -2.20. The van der Waals surface area contributed by atoms with Crippen LogP contribution < -0.4 is 11.1 Å². The molecule has 0 aliphatic rings. The molecule has 0 aliphatic carbocycles. The lowest BCUT2D eigenvalue weighted by Gasteiger charge is -2.14. The second kappa shape index (κ2) is 4.18. The molecule has 0 fully saturated rings. The van der Waals surface area contributed by atoms with Gasteiger partial charge < -0.3 is 11.1 Å². The van der Waals surface area contributed by atoms with Gasteiger partial charge in [-0.2, -0.15) is 0 Å². The zero-order chi connectivity index (χ0) is 11.6. The molecule has 3 N–H and O–H groups in total. The number of nitrogens with one attached hydrogen (secondary N) is 1. The number of rotatable bonds is 3. The molecule has 0 atom stereocenters. The number of anilines is 2. The van der Waals surface area contributed by atoms with Gasteiger partial charge in [0.2, 0.25) is 0 Å². The Kier molecular flexibility index (Phi) is 3.34. The first-order valence-electron chi connectivity index (χ1n) is 4.91. The van der Waals surface area contributed by atoms with Gasteiger partial charge in [0, 0.05) is 12.0 Å². The molecule has 15 heavy (non-hydrogen) atoms. The Morgan fingerprint density at radius 2 is 2.13 bits per heavy atom. The quantitative estimate of drug-likeness (QED) is 0.778. The molecule has 5 heteroatoms. The molecule has 0 aliphatic heterocycles. The van der Waals surface area contributed by atoms with Crippen molar-refractivity contribution in [1.82, 2.24) is 4.98 Å². The van der Waals surface area contributed by atoms with E-state index < -0.39 is 5.41 Å². The monoisotopic (exact) mass is 227 g/mol. The van der Waals surface area contributed by atoms with Crippen molar-refractivity contribution in [1.29, 1.82) is 0 Å². The Morgan fingerprint density at radius 3 is 2.60 bits per heavy atom. The summed E-state index contributed by atoms with van der Waals surface area (Å²) < 4.78 is 0. The molecule has 84 valence electrons. The van der Waals surface area contributed by atoms with Crippen molar-refractivity contribution < 1.29 is 4.79 Å². The average molecular weight is 227 g/mol. The summed E-state index contributed by atoms with van der Waals surface area (Å²) in [6.45, 7) is 8.38. The van der Waals surface area contributed by atoms with Gasteiger partial charge in [0.1, 0.15) is 10.7 Å². The topological polar surface area (TPSA) is 68.0 Å². The second-order valence-corrected chi connectivity index (χ2v) is 5.34. The summed E-state index contributed by atoms with van der Waals surface area (Å²) in [5.41, 5.74) is 5.30. The molecule has 0 unspecified atom stereocenters. The molecule has 0 amide bonds. The summed E-state index contributed by atoms with van der Waals surface area (Å²) in [6, 6.07) is 0. The number of ketones is 1. The van der Waals surface area contributed by atoms with E-state index in [9.17, 15) is 4.79 Å². The van der Waals surface area contributed by atoms with Crippen LogP contribution in [0.3, 0.4) is 0 Å². The van der Waals surface area contributed by atoms with Crippen LogP contribution in [0.5, 0.6) is 0 Å². The van der Waals surface area contributed by atoms with Gasteiger partial charge in [0.05, 0.1) is 0 Å². The van der Waals surface area contributed by atoms with Crippen LogP contribution in [0.4, 0.5) is 10.9 Å². The molecular formula is C10H17N3OS. The summed E-state index contributed by atoms with van der Waals surface area (Å²) in [7, 11) is 0. The van der Waals surface area contributed by atoms with E-state index in [1.807, 2.05) is 27.7 Å². The standard InChI is InChI=1S/C10H17N3OS/c1-5-12-9-13-8(11)6(15-9)7(14)10(2,3)4/h5,11H2,1-4H3,(H,12,13). The first-order valence-corrected chi connectivity index (χ1v) is 5.73. The smallest absolute Gasteiger partial charge is 0.185 e. The number of nitrogen functional groups attached to an aromatic ring is 1. The van der Waals surface area contributed by atoms with Gasteiger partial charge >= 0.3 is 0 Å². The third-order valence-corrected chi connectivity index (χ3v) is 2.90. The number of nitrogens with zero attached hydrogens (tertiary/aromatic N) is 1. The fraction of sp³-hybridized carbons (Fsp3) is 0.600. The fourth-order valence-corrected chi connectivity index (χ4v) is 2.16. The van der Waals surface area contributed by atoms with E-state index >= 15 is 0 Å². The van der Waals surface area contributed by atoms with Crippen molar-refractivity contribution >= 4 is 28.1 Å². The molecule has 0 saturated heterocycles. The summed E-state index contributed by atoms with van der Waals surface area (Å²) in [6.07, 6.45) is 0. The number of hydrogen-bond acceptors (Lipinski definition) is 5. The number of nitrogens with two attached hydrogens (primary N) is 1. The van der Waals surface area contributed by atoms with Gasteiger partial charge in [-0.15, -0.1) is 0 Å². The molecule has 0 saturated carbocycles. The van der Waals surface area contributed by atoms with Crippen molar-refractivity contribution in [3.05, 3.63) is 4.88 Å². The Bertz CT molecular complexity index is 365. The molecule has 1 rings (SSSR count). The number of Topliss-reactive ketones (excluding diaryl/α,β-unsaturated/α-hetero) is 1. The zero-order valence-electron chi connectivity index (χ0n) is 9.55. The second-order valence-electron chi connectivity index (χ2n) is 4.34. The van der Waals surface area contributed by atoms with Gasteiger partial charge in [-0.05, 0) is 6.92 Å². The number of carbonyl (C=O) groups is 1. The van der Waals surface area contributed by atoms with E-state index in [1.54, 1.807) is 0 Å². The lowest BCUT2D eigenvalue weighted by molar-refractivity contribution is 0.0863. The van der Waals surface area contributed by atoms with Crippen molar-refractivity contribution in [2.24, 2.45) is 5.41 Å². The van der Waals surface area contributed by atoms with Crippen LogP contribution in [0.2, 0.25) is 0 Å². The first-order chi connectivity index (χ1) is 6.86. The van der Waals surface area contributed by atoms with Crippen LogP contribution in [0.15, 0.2) is 0 Å². The number of aromatic nitrogens is 1. The van der Waals surface area contributed by atoms with E-state index in [-0.39, 0.29) is 5.78 Å². The van der Waals surface area contributed by atoms with E-state index in [1.165, 1.54) is 11.3 Å². The Morgan fingerprint density at radius 1 is 1.53 bits per heavy atom. The third kappa shape index (κ3) is 2.68. The maximum absolute atomic E-state index is 12.0. The molecule has 4 nitrogen and oxygen atoms in total. The van der Waals surface area contributed by atoms with E-state index in [0.29, 0.717) is 15.8 Å². The Labute approximate surface area is 93.9 Å². The molecule has 1 aromatic rings. The number of thiazole rings is 1. The fourth-order valence-electron chi connectivity index (χ4n) is 1.06. The minimum absolute atomic E-state index is 0.0432. The zero-order valence-corrected chi connectivity index (χ0v) is 10.4. The Balaban J connectivity index is 3.00. The van der Waals surface area contributed by atoms with Crippen LogP contribution in [-0.2, 0) is 0 Å². The first kappa shape index (κ1) is 12.0. The Hall–Kier alpha value is -1.10. The van der Waals surface area contributed by atoms with Crippen LogP contribution >= 0.6 is 11.3 Å². The van der Waals surface area contributed by atoms with Gasteiger partial charge in [0.25, 0.3) is 0 Å². The summed E-state index contributed by atoms with van der Waals surface area (Å²) in [4.78, 5) is 16.6. The van der Waals surface area contributed by atoms with E-state index in [2.05, 4.69) is 10.3 Å². The average Bonchev–Trinajstić information content (AvgIpc) is 2.44. The highest BCUT2D eigenvalue weighted by Gasteiger charge is 2.27. The summed E-state index contributed by atoms with van der Waals surface area (Å²) in [5.74, 6) is 0.373. The molecule has 1 heterocycles. The molecule has 1 aromatic heterocycles. The van der Waals surface area contributed by atoms with Crippen LogP contribution in [0.1, 0.15) is 37.4 Å². The largest absolute Gasteiger partial charge is 0.382 e. The minimum atomic E-state index is -0.413. The maximum atomic E-state index is 12.0. The van der Waals surface area contributed by atoms with Crippen molar-refractivity contribution in [3.63, 3.8) is 0 Å². The predicted molar refractivity (Wildman–Crippen MR) is 64.5 cm³/mol. The van der Waals surface area contributed by atoms with Crippen LogP contribution in [0, 0.1) is 5.41 Å². The van der Waals surface area contributed by atoms with Crippen molar-refractivity contribution in [2.75, 3.05) is 17.6 Å². The maximum Gasteiger partial charge on any atom is 0.185 e. The number of hydrogen-bond donors (Lipinski definition) is 2. The predicted octanol–water partition coefficient (Wildman–Crippen LogP) is 2.39. The molecular weight excluding hydrogens is 210 g/mol. The van der Waals surface area contributed by atoms with Crippen molar-refractivity contribution in [2.45, 2.75) is 27.7 Å². The van der Waals surface area contributed by atoms with Crippen LogP contribution in [0.25, 0.3) is 0 Å². The van der Waals surface area contributed by atoms with Gasteiger partial charge in [-0.3, -0.25) is 4.79 Å². The molecule has 0 spiro atoms. The van der Waals surface area contributed by atoms with Gasteiger partial charge in [0.15, 0.2) is 10.9 Å². The normalized spacial score (nSPS) is 11.5. The summed E-state index contributed by atoms with van der Waals surface area (Å²) in [5, 5.41) is 3.76. The van der Waals surface area contributed by atoms with E-state index in [0.717, 1.165) is 6.54 Å². The lowest BCUT2D eigenvalue weighted by atomic mass is 9.90. The molecule has 0 aromatic carbocycles. The SMILES string of the molecule is CCNc1nc(N)c(C(=O)C(C)(C)C)s1. The minimum Gasteiger partial charge on any atom is -0.382 e. The summed E-state index contributed by atoms with van der Waals surface area (Å²) >= 11 is 1.32.